The number of carbonyl (C=O) groups excluding carboxylic acids is 1. The molecule has 0 saturated heterocycles. The van der Waals surface area contributed by atoms with Gasteiger partial charge in [0.15, 0.2) is 11.5 Å². The summed E-state index contributed by atoms with van der Waals surface area (Å²) in [7, 11) is 0. The Bertz CT molecular complexity index is 731. The van der Waals surface area contributed by atoms with Gasteiger partial charge in [0.05, 0.1) is 16.5 Å². The second kappa shape index (κ2) is 7.68. The summed E-state index contributed by atoms with van der Waals surface area (Å²) in [5.74, 6) is 0.0425. The van der Waals surface area contributed by atoms with E-state index in [2.05, 4.69) is 29.7 Å². The molecule has 0 unspecified atom stereocenters. The smallest absolute Gasteiger partial charge is 0.395 e. The maximum atomic E-state index is 12.8. The van der Waals surface area contributed by atoms with Gasteiger partial charge >= 0.3 is 6.29 Å². The van der Waals surface area contributed by atoms with Gasteiger partial charge in [-0.05, 0) is 0 Å². The number of amides is 1. The number of ether oxygens (including phenoxy) is 2. The lowest BCUT2D eigenvalue weighted by Crippen LogP contribution is -2.25. The van der Waals surface area contributed by atoms with Crippen molar-refractivity contribution in [2.24, 2.45) is 0 Å². The molecule has 7 nitrogen and oxygen atoms in total. The van der Waals surface area contributed by atoms with E-state index >= 15 is 0 Å². The molecule has 10 heteroatoms. The molecule has 3 aromatic rings. The molecular weight excluding hydrogens is 342 g/mol. The first-order valence-corrected chi connectivity index (χ1v) is 7.83. The summed E-state index contributed by atoms with van der Waals surface area (Å²) < 4.78 is 34.1. The van der Waals surface area contributed by atoms with E-state index in [0.29, 0.717) is 17.4 Å². The number of halogens is 2. The van der Waals surface area contributed by atoms with Gasteiger partial charge in [-0.15, -0.1) is 20.1 Å². The van der Waals surface area contributed by atoms with Crippen molar-refractivity contribution in [1.29, 1.82) is 0 Å². The third kappa shape index (κ3) is 4.16. The van der Waals surface area contributed by atoms with Crippen molar-refractivity contribution in [3.63, 3.8) is 0 Å². The molecule has 24 heavy (non-hydrogen) atoms. The molecule has 0 bridgehead atoms. The maximum absolute atomic E-state index is 12.8. The molecule has 2 aromatic heterocycles. The lowest BCUT2D eigenvalue weighted by Gasteiger charge is -2.04. The lowest BCUT2D eigenvalue weighted by atomic mass is 10.3. The molecule has 0 aliphatic carbocycles. The number of nitrogens with one attached hydrogen (secondary N) is 2. The second-order valence-electron chi connectivity index (χ2n) is 4.01. The zero-order valence-corrected chi connectivity index (χ0v) is 13.6. The first-order valence-electron chi connectivity index (χ1n) is 6.89. The standard InChI is InChI=1S/C9H5F2N3O3.C3H3NS.C2H6/c10-9(11)16-6-1-4-5(2-7(6)17-9)14-8(13-4)12-3-15;1-2-5-3-4-1;1-2/h1-3H,(H2,12,13,14,15);1-3H;1-2H3. The summed E-state index contributed by atoms with van der Waals surface area (Å²) in [6.45, 7) is 4.00. The predicted molar refractivity (Wildman–Crippen MR) is 85.4 cm³/mol. The maximum Gasteiger partial charge on any atom is 0.586 e. The Morgan fingerprint density at radius 2 is 2.00 bits per heavy atom. The molecule has 0 fully saturated rings. The molecule has 1 aliphatic rings. The predicted octanol–water partition coefficient (Wildman–Crippen LogP) is 3.62. The first-order chi connectivity index (χ1) is 11.6. The van der Waals surface area contributed by atoms with Crippen LogP contribution < -0.4 is 14.8 Å². The largest absolute Gasteiger partial charge is 0.586 e. The lowest BCUT2D eigenvalue weighted by molar-refractivity contribution is -0.286. The second-order valence-corrected chi connectivity index (χ2v) is 4.76. The quantitative estimate of drug-likeness (QED) is 0.685. The highest BCUT2D eigenvalue weighted by atomic mass is 32.1. The van der Waals surface area contributed by atoms with Crippen LogP contribution >= 0.6 is 11.3 Å². The van der Waals surface area contributed by atoms with E-state index in [9.17, 15) is 13.6 Å². The number of carbonyl (C=O) groups is 1. The summed E-state index contributed by atoms with van der Waals surface area (Å²) >= 11 is 1.60. The number of alkyl halides is 2. The topological polar surface area (TPSA) is 89.1 Å². The number of nitrogens with zero attached hydrogens (tertiary/aromatic N) is 2. The van der Waals surface area contributed by atoms with E-state index in [1.807, 2.05) is 19.2 Å². The number of benzene rings is 1. The monoisotopic (exact) mass is 356 g/mol. The van der Waals surface area contributed by atoms with Gasteiger partial charge in [-0.25, -0.2) is 4.98 Å². The van der Waals surface area contributed by atoms with Crippen LogP contribution in [0.1, 0.15) is 13.8 Å². The summed E-state index contributed by atoms with van der Waals surface area (Å²) in [5.41, 5.74) is 2.63. The van der Waals surface area contributed by atoms with E-state index < -0.39 is 6.29 Å². The normalized spacial score (nSPS) is 13.3. The minimum absolute atomic E-state index is 0.0798. The Kier molecular flexibility index (Phi) is 5.64. The van der Waals surface area contributed by atoms with Crippen molar-refractivity contribution >= 4 is 34.7 Å². The van der Waals surface area contributed by atoms with Gasteiger partial charge in [0.25, 0.3) is 0 Å². The van der Waals surface area contributed by atoms with Gasteiger partial charge in [-0.1, -0.05) is 13.8 Å². The summed E-state index contributed by atoms with van der Waals surface area (Å²) in [6, 6.07) is 2.63. The Labute approximate surface area is 139 Å². The van der Waals surface area contributed by atoms with E-state index in [-0.39, 0.29) is 17.4 Å². The molecular formula is C14H14F2N4O3S. The van der Waals surface area contributed by atoms with Crippen molar-refractivity contribution in [3.05, 3.63) is 29.2 Å². The van der Waals surface area contributed by atoms with Crippen LogP contribution in [0.15, 0.2) is 29.2 Å². The highest BCUT2D eigenvalue weighted by molar-refractivity contribution is 7.07. The summed E-state index contributed by atoms with van der Waals surface area (Å²) in [6.07, 6.45) is -1.43. The molecule has 0 saturated carbocycles. The summed E-state index contributed by atoms with van der Waals surface area (Å²) in [4.78, 5) is 20.6. The molecule has 4 rings (SSSR count). The van der Waals surface area contributed by atoms with E-state index in [4.69, 9.17) is 0 Å². The van der Waals surface area contributed by atoms with E-state index in [0.717, 1.165) is 0 Å². The van der Waals surface area contributed by atoms with Crippen molar-refractivity contribution < 1.29 is 23.0 Å². The zero-order chi connectivity index (χ0) is 17.6. The van der Waals surface area contributed by atoms with Crippen LogP contribution in [0.4, 0.5) is 14.7 Å². The third-order valence-electron chi connectivity index (χ3n) is 2.55. The summed E-state index contributed by atoms with van der Waals surface area (Å²) in [5, 5.41) is 4.24. The number of imidazole rings is 1. The van der Waals surface area contributed by atoms with Gasteiger partial charge < -0.3 is 14.5 Å². The van der Waals surface area contributed by atoms with Crippen LogP contribution in [0.25, 0.3) is 11.0 Å². The molecule has 0 radical (unpaired) electrons. The average Bonchev–Trinajstić information content (AvgIpc) is 3.26. The number of aromatic amines is 1. The number of H-pyrrole nitrogens is 1. The van der Waals surface area contributed by atoms with Crippen LogP contribution in [0.2, 0.25) is 0 Å². The number of hydrogen-bond donors (Lipinski definition) is 2. The van der Waals surface area contributed by atoms with Gasteiger partial charge in [0.1, 0.15) is 0 Å². The third-order valence-corrected chi connectivity index (χ3v) is 3.07. The Balaban J connectivity index is 0.000000252. The Morgan fingerprint density at radius 3 is 2.54 bits per heavy atom. The van der Waals surface area contributed by atoms with Gasteiger partial charge in [-0.2, -0.15) is 0 Å². The number of rotatable bonds is 2. The van der Waals surface area contributed by atoms with Gasteiger partial charge in [0.2, 0.25) is 12.4 Å². The van der Waals surface area contributed by atoms with Crippen LogP contribution in [-0.4, -0.2) is 27.7 Å². The Hall–Kier alpha value is -2.75. The van der Waals surface area contributed by atoms with E-state index in [1.54, 1.807) is 23.0 Å². The van der Waals surface area contributed by atoms with Crippen molar-refractivity contribution in [1.82, 2.24) is 15.0 Å². The molecule has 1 aliphatic heterocycles. The fraction of sp³-hybridized carbons (Fsp3) is 0.214. The van der Waals surface area contributed by atoms with Crippen LogP contribution in [0.3, 0.4) is 0 Å². The zero-order valence-electron chi connectivity index (χ0n) is 12.7. The van der Waals surface area contributed by atoms with Gasteiger partial charge in [0, 0.05) is 23.7 Å². The minimum Gasteiger partial charge on any atom is -0.395 e. The van der Waals surface area contributed by atoms with Crippen LogP contribution in [0.5, 0.6) is 11.5 Å². The number of thiazole rings is 1. The highest BCUT2D eigenvalue weighted by Gasteiger charge is 2.43. The fourth-order valence-corrected chi connectivity index (χ4v) is 2.11. The fourth-order valence-electron chi connectivity index (χ4n) is 1.75. The van der Waals surface area contributed by atoms with E-state index in [1.165, 1.54) is 12.1 Å². The number of anilines is 1. The molecule has 1 aromatic carbocycles. The SMILES string of the molecule is CC.O=CNc1nc2cc3c(cc2[nH]1)OC(F)(F)O3.c1cscn1. The average molecular weight is 356 g/mol. The van der Waals surface area contributed by atoms with Gasteiger partial charge in [-0.3, -0.25) is 15.1 Å². The van der Waals surface area contributed by atoms with Crippen LogP contribution in [0, 0.1) is 0 Å². The molecule has 128 valence electrons. The van der Waals surface area contributed by atoms with Crippen molar-refractivity contribution in [2.45, 2.75) is 20.1 Å². The Morgan fingerprint density at radius 1 is 1.29 bits per heavy atom. The number of aromatic nitrogens is 3. The van der Waals surface area contributed by atoms with Crippen LogP contribution in [-0.2, 0) is 4.79 Å². The molecule has 1 amide bonds. The first kappa shape index (κ1) is 17.6. The molecule has 0 atom stereocenters. The van der Waals surface area contributed by atoms with Crippen molar-refractivity contribution in [2.75, 3.05) is 5.32 Å². The molecule has 2 N–H and O–H groups in total. The number of fused-ring (bicyclic) bond motifs is 2. The minimum atomic E-state index is -3.65. The molecule has 0 spiro atoms. The number of hydrogen-bond acceptors (Lipinski definition) is 6. The van der Waals surface area contributed by atoms with Crippen molar-refractivity contribution in [3.8, 4) is 11.5 Å². The highest BCUT2D eigenvalue weighted by Crippen LogP contribution is 2.42. The molecule has 3 heterocycles.